The molecule has 0 atom stereocenters. The Bertz CT molecular complexity index is 1090. The first-order valence-corrected chi connectivity index (χ1v) is 8.67. The van der Waals surface area contributed by atoms with Crippen molar-refractivity contribution in [3.63, 3.8) is 0 Å². The molecule has 2 amide bonds. The number of nitrogens with zero attached hydrogens (tertiary/aromatic N) is 2. The summed E-state index contributed by atoms with van der Waals surface area (Å²) in [6, 6.07) is 5.43. The number of aryl methyl sites for hydroxylation is 1. The van der Waals surface area contributed by atoms with Crippen molar-refractivity contribution in [2.24, 2.45) is 0 Å². The molecule has 9 heteroatoms. The SMILES string of the molecule is Cc1c(C(=O)O)cn2nccc(Oc3ccc(NC(=O)NC4CC4)cc3F)c12. The fourth-order valence-corrected chi connectivity index (χ4v) is 2.88. The zero-order chi connectivity index (χ0) is 19.8. The Morgan fingerprint density at radius 1 is 1.29 bits per heavy atom. The van der Waals surface area contributed by atoms with E-state index >= 15 is 0 Å². The molecule has 3 aromatic rings. The lowest BCUT2D eigenvalue weighted by Crippen LogP contribution is -2.30. The molecule has 1 aliphatic carbocycles. The minimum atomic E-state index is -1.08. The third-order valence-electron chi connectivity index (χ3n) is 4.44. The first-order chi connectivity index (χ1) is 13.4. The molecule has 4 rings (SSSR count). The summed E-state index contributed by atoms with van der Waals surface area (Å²) in [5, 5.41) is 18.7. The lowest BCUT2D eigenvalue weighted by Gasteiger charge is -2.11. The summed E-state index contributed by atoms with van der Waals surface area (Å²) in [6.45, 7) is 1.63. The van der Waals surface area contributed by atoms with E-state index in [1.807, 2.05) is 0 Å². The number of benzene rings is 1. The highest BCUT2D eigenvalue weighted by Gasteiger charge is 2.23. The Morgan fingerprint density at radius 2 is 2.07 bits per heavy atom. The summed E-state index contributed by atoms with van der Waals surface area (Å²) in [5.74, 6) is -1.54. The number of carbonyl (C=O) groups is 2. The summed E-state index contributed by atoms with van der Waals surface area (Å²) in [7, 11) is 0. The Labute approximate surface area is 158 Å². The maximum absolute atomic E-state index is 14.5. The summed E-state index contributed by atoms with van der Waals surface area (Å²) in [5.41, 5.74) is 1.29. The van der Waals surface area contributed by atoms with E-state index in [1.54, 1.807) is 6.92 Å². The van der Waals surface area contributed by atoms with Crippen LogP contribution in [0.15, 0.2) is 36.7 Å². The van der Waals surface area contributed by atoms with Crippen molar-refractivity contribution < 1.29 is 23.8 Å². The van der Waals surface area contributed by atoms with Crippen LogP contribution < -0.4 is 15.4 Å². The van der Waals surface area contributed by atoms with E-state index in [-0.39, 0.29) is 29.1 Å². The van der Waals surface area contributed by atoms with E-state index in [9.17, 15) is 19.1 Å². The highest BCUT2D eigenvalue weighted by Crippen LogP contribution is 2.32. The molecule has 1 fully saturated rings. The third kappa shape index (κ3) is 3.46. The zero-order valence-corrected chi connectivity index (χ0v) is 14.9. The second kappa shape index (κ2) is 6.84. The number of carboxylic acid groups (broad SMARTS) is 1. The van der Waals surface area contributed by atoms with Gasteiger partial charge in [-0.25, -0.2) is 18.5 Å². The molecule has 0 bridgehead atoms. The molecule has 0 saturated heterocycles. The summed E-state index contributed by atoms with van der Waals surface area (Å²) in [4.78, 5) is 23.1. The van der Waals surface area contributed by atoms with Crippen molar-refractivity contribution in [2.75, 3.05) is 5.32 Å². The monoisotopic (exact) mass is 384 g/mol. The largest absolute Gasteiger partial charge is 0.478 e. The van der Waals surface area contributed by atoms with Gasteiger partial charge in [-0.3, -0.25) is 0 Å². The topological polar surface area (TPSA) is 105 Å². The Hall–Kier alpha value is -3.62. The van der Waals surface area contributed by atoms with Gasteiger partial charge in [0, 0.05) is 30.1 Å². The second-order valence-electron chi connectivity index (χ2n) is 6.58. The van der Waals surface area contributed by atoms with Gasteiger partial charge >= 0.3 is 12.0 Å². The number of rotatable bonds is 5. The number of nitrogens with one attached hydrogen (secondary N) is 2. The van der Waals surface area contributed by atoms with E-state index in [4.69, 9.17) is 4.74 Å². The van der Waals surface area contributed by atoms with E-state index in [2.05, 4.69) is 15.7 Å². The molecule has 2 heterocycles. The average molecular weight is 384 g/mol. The van der Waals surface area contributed by atoms with Gasteiger partial charge in [0.1, 0.15) is 5.52 Å². The standard InChI is InChI=1S/C19H17FN4O4/c1-10-13(18(25)26)9-24-17(10)16(6-7-21-24)28-15-5-4-12(8-14(15)20)23-19(27)22-11-2-3-11/h4-9,11H,2-3H2,1H3,(H,25,26)(H2,22,23,27). The van der Waals surface area contributed by atoms with Crippen molar-refractivity contribution in [3.8, 4) is 11.5 Å². The van der Waals surface area contributed by atoms with Gasteiger partial charge in [-0.2, -0.15) is 5.10 Å². The first kappa shape index (κ1) is 17.8. The molecule has 1 aromatic carbocycles. The Kier molecular flexibility index (Phi) is 4.34. The van der Waals surface area contributed by atoms with Gasteiger partial charge in [0.2, 0.25) is 0 Å². The molecule has 0 radical (unpaired) electrons. The maximum Gasteiger partial charge on any atom is 0.337 e. The van der Waals surface area contributed by atoms with Crippen LogP contribution in [0.3, 0.4) is 0 Å². The van der Waals surface area contributed by atoms with Crippen LogP contribution in [-0.2, 0) is 0 Å². The first-order valence-electron chi connectivity index (χ1n) is 8.67. The predicted octanol–water partition coefficient (Wildman–Crippen LogP) is 3.56. The van der Waals surface area contributed by atoms with E-state index in [0.29, 0.717) is 16.8 Å². The summed E-state index contributed by atoms with van der Waals surface area (Å²) in [6.07, 6.45) is 4.72. The lowest BCUT2D eigenvalue weighted by molar-refractivity contribution is 0.0696. The summed E-state index contributed by atoms with van der Waals surface area (Å²) >= 11 is 0. The molecular formula is C19H17FN4O4. The van der Waals surface area contributed by atoms with E-state index < -0.39 is 11.8 Å². The van der Waals surface area contributed by atoms with Gasteiger partial charge in [0.15, 0.2) is 17.3 Å². The lowest BCUT2D eigenvalue weighted by atomic mass is 10.2. The van der Waals surface area contributed by atoms with Crippen LogP contribution in [0.1, 0.15) is 28.8 Å². The minimum absolute atomic E-state index is 0.0567. The van der Waals surface area contributed by atoms with Crippen molar-refractivity contribution in [3.05, 3.63) is 53.6 Å². The van der Waals surface area contributed by atoms with Crippen molar-refractivity contribution >= 4 is 23.2 Å². The number of aromatic nitrogens is 2. The number of carboxylic acids is 1. The fourth-order valence-electron chi connectivity index (χ4n) is 2.88. The molecule has 3 N–H and O–H groups in total. The quantitative estimate of drug-likeness (QED) is 0.624. The molecule has 8 nitrogen and oxygen atoms in total. The minimum Gasteiger partial charge on any atom is -0.478 e. The maximum atomic E-state index is 14.5. The smallest absolute Gasteiger partial charge is 0.337 e. The van der Waals surface area contributed by atoms with Crippen LogP contribution in [0.2, 0.25) is 0 Å². The van der Waals surface area contributed by atoms with Crippen LogP contribution in [0.5, 0.6) is 11.5 Å². The molecule has 2 aromatic heterocycles. The number of anilines is 1. The normalized spacial score (nSPS) is 13.4. The number of amides is 2. The number of hydrogen-bond acceptors (Lipinski definition) is 4. The molecule has 1 saturated carbocycles. The van der Waals surface area contributed by atoms with Gasteiger partial charge < -0.3 is 20.5 Å². The Morgan fingerprint density at radius 3 is 2.75 bits per heavy atom. The number of fused-ring (bicyclic) bond motifs is 1. The molecule has 144 valence electrons. The van der Waals surface area contributed by atoms with Crippen LogP contribution in [-0.4, -0.2) is 32.8 Å². The zero-order valence-electron chi connectivity index (χ0n) is 14.9. The van der Waals surface area contributed by atoms with Gasteiger partial charge in [0.05, 0.1) is 11.8 Å². The Balaban J connectivity index is 1.58. The van der Waals surface area contributed by atoms with Crippen LogP contribution >= 0.6 is 0 Å². The van der Waals surface area contributed by atoms with Gasteiger partial charge in [0.25, 0.3) is 0 Å². The number of hydrogen-bond donors (Lipinski definition) is 3. The molecule has 28 heavy (non-hydrogen) atoms. The molecular weight excluding hydrogens is 367 g/mol. The highest BCUT2D eigenvalue weighted by atomic mass is 19.1. The van der Waals surface area contributed by atoms with Crippen LogP contribution in [0, 0.1) is 12.7 Å². The fraction of sp³-hybridized carbons (Fsp3) is 0.211. The van der Waals surface area contributed by atoms with Gasteiger partial charge in [-0.05, 0) is 37.5 Å². The highest BCUT2D eigenvalue weighted by molar-refractivity contribution is 5.93. The number of aromatic carboxylic acids is 1. The van der Waals surface area contributed by atoms with Crippen molar-refractivity contribution in [1.82, 2.24) is 14.9 Å². The third-order valence-corrected chi connectivity index (χ3v) is 4.44. The molecule has 1 aliphatic rings. The van der Waals surface area contributed by atoms with Gasteiger partial charge in [-0.1, -0.05) is 0 Å². The van der Waals surface area contributed by atoms with Crippen LogP contribution in [0.25, 0.3) is 5.52 Å². The van der Waals surface area contributed by atoms with Crippen molar-refractivity contribution in [1.29, 1.82) is 0 Å². The van der Waals surface area contributed by atoms with Crippen LogP contribution in [0.4, 0.5) is 14.9 Å². The number of halogens is 1. The molecule has 0 spiro atoms. The van der Waals surface area contributed by atoms with E-state index in [0.717, 1.165) is 18.9 Å². The van der Waals surface area contributed by atoms with Gasteiger partial charge in [-0.15, -0.1) is 0 Å². The van der Waals surface area contributed by atoms with E-state index in [1.165, 1.54) is 35.1 Å². The number of carbonyl (C=O) groups excluding carboxylic acids is 1. The second-order valence-corrected chi connectivity index (χ2v) is 6.58. The van der Waals surface area contributed by atoms with Crippen molar-refractivity contribution in [2.45, 2.75) is 25.8 Å². The summed E-state index contributed by atoms with van der Waals surface area (Å²) < 4.78 is 21.5. The predicted molar refractivity (Wildman–Crippen MR) is 98.5 cm³/mol. The number of ether oxygens (including phenoxy) is 1. The number of urea groups is 1. The molecule has 0 unspecified atom stereocenters. The molecule has 0 aliphatic heterocycles. The average Bonchev–Trinajstić information content (AvgIpc) is 3.38.